The number of aromatic nitrogens is 1. The number of benzene rings is 5. The summed E-state index contributed by atoms with van der Waals surface area (Å²) in [5.41, 5.74) is 7.04. The molecule has 0 fully saturated rings. The average Bonchev–Trinajstić information content (AvgIpc) is 3.51. The van der Waals surface area contributed by atoms with Gasteiger partial charge in [0.05, 0.1) is 11.4 Å². The van der Waals surface area contributed by atoms with Crippen molar-refractivity contribution in [3.8, 4) is 22.4 Å². The Morgan fingerprint density at radius 1 is 0.700 bits per heavy atom. The fraction of sp³-hybridized carbons (Fsp3) is 0.0732. The summed E-state index contributed by atoms with van der Waals surface area (Å²) in [6, 6.07) is 41.9. The number of amides is 3. The summed E-state index contributed by atoms with van der Waals surface area (Å²) in [4.78, 5) is 45.9. The third kappa shape index (κ3) is 9.02. The fourth-order valence-corrected chi connectivity index (χ4v) is 6.63. The minimum atomic E-state index is -0.468. The zero-order valence-electron chi connectivity index (χ0n) is 27.5. The van der Waals surface area contributed by atoms with Crippen LogP contribution in [0.3, 0.4) is 0 Å². The highest BCUT2D eigenvalue weighted by Crippen LogP contribution is 2.31. The molecule has 0 spiro atoms. The highest BCUT2D eigenvalue weighted by molar-refractivity contribution is 8.00. The summed E-state index contributed by atoms with van der Waals surface area (Å²) < 4.78 is 0. The average molecular weight is 695 g/mol. The van der Waals surface area contributed by atoms with Crippen molar-refractivity contribution >= 4 is 57.7 Å². The number of carbonyl (C=O) groups is 3. The van der Waals surface area contributed by atoms with Crippen molar-refractivity contribution in [2.24, 2.45) is 0 Å². The van der Waals surface area contributed by atoms with Gasteiger partial charge in [0.2, 0.25) is 5.91 Å². The highest BCUT2D eigenvalue weighted by Gasteiger charge is 2.16. The number of thiazole rings is 1. The molecule has 9 heteroatoms. The van der Waals surface area contributed by atoms with E-state index in [1.807, 2.05) is 111 Å². The number of rotatable bonds is 11. The lowest BCUT2D eigenvalue weighted by Gasteiger charge is -2.12. The smallest absolute Gasteiger partial charge is 0.272 e. The normalized spacial score (nSPS) is 11.1. The van der Waals surface area contributed by atoms with Crippen LogP contribution in [0.5, 0.6) is 0 Å². The molecule has 3 amide bonds. The summed E-state index contributed by atoms with van der Waals surface area (Å²) in [5, 5.41) is 9.15. The molecule has 248 valence electrons. The molecule has 0 atom stereocenters. The molecule has 0 saturated heterocycles. The minimum absolute atomic E-state index is 0.101. The zero-order chi connectivity index (χ0) is 34.9. The van der Waals surface area contributed by atoms with Gasteiger partial charge in [0.25, 0.3) is 11.8 Å². The molecule has 0 bridgehead atoms. The zero-order valence-corrected chi connectivity index (χ0v) is 29.1. The summed E-state index contributed by atoms with van der Waals surface area (Å²) in [6.07, 6.45) is 1.65. The first-order valence-corrected chi connectivity index (χ1v) is 17.7. The summed E-state index contributed by atoms with van der Waals surface area (Å²) >= 11 is 2.83. The van der Waals surface area contributed by atoms with E-state index in [4.69, 9.17) is 0 Å². The molecule has 0 aliphatic carbocycles. The first-order valence-electron chi connectivity index (χ1n) is 15.9. The summed E-state index contributed by atoms with van der Waals surface area (Å²) in [6.45, 7) is 4.04. The molecule has 1 aromatic heterocycles. The van der Waals surface area contributed by atoms with Gasteiger partial charge in [-0.25, -0.2) is 4.98 Å². The Morgan fingerprint density at radius 2 is 1.32 bits per heavy atom. The lowest BCUT2D eigenvalue weighted by atomic mass is 10.0. The van der Waals surface area contributed by atoms with Crippen molar-refractivity contribution in [2.75, 3.05) is 16.4 Å². The number of nitrogens with one attached hydrogen (secondary N) is 3. The highest BCUT2D eigenvalue weighted by atomic mass is 32.2. The first kappa shape index (κ1) is 34.1. The molecule has 6 aromatic rings. The van der Waals surface area contributed by atoms with E-state index in [1.165, 1.54) is 28.7 Å². The van der Waals surface area contributed by atoms with Crippen molar-refractivity contribution in [2.45, 2.75) is 18.7 Å². The predicted octanol–water partition coefficient (Wildman–Crippen LogP) is 9.23. The van der Waals surface area contributed by atoms with Crippen LogP contribution in [0.25, 0.3) is 28.5 Å². The second-order valence-electron chi connectivity index (χ2n) is 11.5. The molecule has 0 radical (unpaired) electrons. The maximum atomic E-state index is 13.5. The Hall–Kier alpha value is -5.77. The minimum Gasteiger partial charge on any atom is -0.321 e. The molecule has 3 N–H and O–H groups in total. The van der Waals surface area contributed by atoms with Crippen LogP contribution in [-0.4, -0.2) is 28.5 Å². The molecular formula is C41H34N4O3S2. The molecule has 0 aliphatic rings. The number of hydrogen-bond donors (Lipinski definition) is 3. The third-order valence-corrected chi connectivity index (χ3v) is 9.61. The van der Waals surface area contributed by atoms with Gasteiger partial charge in [-0.3, -0.25) is 14.4 Å². The standard InChI is InChI=1S/C41H34N4O3S2/c1-27-13-17-32(18-14-27)38-28(2)50-41(45-38)44-37(46)26-49-35-23-21-34(22-24-35)42-40(48)36(43-39(47)33-11-7-4-8-12-33)25-29-15-19-31(20-16-29)30-9-5-3-6-10-30/h3-25H,26H2,1-2H3,(H,42,48)(H,43,47)(H,44,45,46)/b36-25-. The largest absolute Gasteiger partial charge is 0.321 e. The van der Waals surface area contributed by atoms with Gasteiger partial charge in [0, 0.05) is 26.6 Å². The monoisotopic (exact) mass is 694 g/mol. The Morgan fingerprint density at radius 3 is 2.00 bits per heavy atom. The van der Waals surface area contributed by atoms with Crippen LogP contribution in [0.1, 0.15) is 26.4 Å². The van der Waals surface area contributed by atoms with Gasteiger partial charge >= 0.3 is 0 Å². The van der Waals surface area contributed by atoms with E-state index in [-0.39, 0.29) is 17.4 Å². The number of anilines is 2. The maximum absolute atomic E-state index is 13.5. The number of aryl methyl sites for hydroxylation is 2. The van der Waals surface area contributed by atoms with E-state index in [9.17, 15) is 14.4 Å². The molecule has 0 unspecified atom stereocenters. The third-order valence-electron chi connectivity index (χ3n) is 7.71. The molecule has 0 saturated carbocycles. The molecule has 50 heavy (non-hydrogen) atoms. The van der Waals surface area contributed by atoms with Crippen LogP contribution >= 0.6 is 23.1 Å². The SMILES string of the molecule is Cc1ccc(-c2nc(NC(=O)CSc3ccc(NC(=O)/C(=C/c4ccc(-c5ccccc5)cc4)NC(=O)c4ccccc4)cc3)sc2C)cc1. The Labute approximate surface area is 299 Å². The van der Waals surface area contributed by atoms with Crippen molar-refractivity contribution < 1.29 is 14.4 Å². The van der Waals surface area contributed by atoms with E-state index in [0.717, 1.165) is 37.7 Å². The Bertz CT molecular complexity index is 2130. The van der Waals surface area contributed by atoms with E-state index < -0.39 is 11.8 Å². The van der Waals surface area contributed by atoms with Crippen LogP contribution < -0.4 is 16.0 Å². The summed E-state index contributed by atoms with van der Waals surface area (Å²) in [7, 11) is 0. The molecule has 5 aromatic carbocycles. The van der Waals surface area contributed by atoms with Crippen molar-refractivity contribution in [1.82, 2.24) is 10.3 Å². The molecule has 0 aliphatic heterocycles. The maximum Gasteiger partial charge on any atom is 0.272 e. The van der Waals surface area contributed by atoms with Crippen LogP contribution in [0.2, 0.25) is 0 Å². The van der Waals surface area contributed by atoms with Gasteiger partial charge in [0.1, 0.15) is 5.70 Å². The van der Waals surface area contributed by atoms with Gasteiger partial charge in [-0.2, -0.15) is 0 Å². The second kappa shape index (κ2) is 16.1. The summed E-state index contributed by atoms with van der Waals surface area (Å²) in [5.74, 6) is -0.814. The van der Waals surface area contributed by atoms with Gasteiger partial charge < -0.3 is 16.0 Å². The number of nitrogens with zero attached hydrogens (tertiary/aromatic N) is 1. The predicted molar refractivity (Wildman–Crippen MR) is 205 cm³/mol. The van der Waals surface area contributed by atoms with E-state index >= 15 is 0 Å². The van der Waals surface area contributed by atoms with Crippen molar-refractivity contribution in [1.29, 1.82) is 0 Å². The quantitative estimate of drug-likeness (QED) is 0.0928. The van der Waals surface area contributed by atoms with Crippen LogP contribution in [0, 0.1) is 13.8 Å². The van der Waals surface area contributed by atoms with Crippen molar-refractivity contribution in [3.05, 3.63) is 161 Å². The van der Waals surface area contributed by atoms with Gasteiger partial charge in [-0.1, -0.05) is 103 Å². The topological polar surface area (TPSA) is 100 Å². The second-order valence-corrected chi connectivity index (χ2v) is 13.7. The van der Waals surface area contributed by atoms with E-state index in [2.05, 4.69) is 20.9 Å². The van der Waals surface area contributed by atoms with E-state index in [1.54, 1.807) is 42.5 Å². The molecular weight excluding hydrogens is 661 g/mol. The fourth-order valence-electron chi connectivity index (χ4n) is 5.08. The first-order chi connectivity index (χ1) is 24.3. The number of thioether (sulfide) groups is 1. The lowest BCUT2D eigenvalue weighted by Crippen LogP contribution is -2.30. The molecule has 6 rings (SSSR count). The van der Waals surface area contributed by atoms with Crippen LogP contribution in [0.15, 0.2) is 144 Å². The van der Waals surface area contributed by atoms with Gasteiger partial charge in [-0.15, -0.1) is 23.1 Å². The van der Waals surface area contributed by atoms with Crippen molar-refractivity contribution in [3.63, 3.8) is 0 Å². The Kier molecular flexibility index (Phi) is 11.0. The Balaban J connectivity index is 1.09. The van der Waals surface area contributed by atoms with Crippen LogP contribution in [-0.2, 0) is 9.59 Å². The molecule has 7 nitrogen and oxygen atoms in total. The van der Waals surface area contributed by atoms with Crippen LogP contribution in [0.4, 0.5) is 10.8 Å². The van der Waals surface area contributed by atoms with Gasteiger partial charge in [-0.05, 0) is 73.0 Å². The lowest BCUT2D eigenvalue weighted by molar-refractivity contribution is -0.114. The number of hydrogen-bond acceptors (Lipinski definition) is 6. The van der Waals surface area contributed by atoms with Gasteiger partial charge in [0.15, 0.2) is 5.13 Å². The molecule has 1 heterocycles. The van der Waals surface area contributed by atoms with E-state index in [0.29, 0.717) is 16.4 Å². The number of carbonyl (C=O) groups excluding carboxylic acids is 3.